The van der Waals surface area contributed by atoms with Gasteiger partial charge in [0.25, 0.3) is 0 Å². The van der Waals surface area contributed by atoms with Gasteiger partial charge in [-0.2, -0.15) is 0 Å². The highest BCUT2D eigenvalue weighted by atomic mass is 16.4. The lowest BCUT2D eigenvalue weighted by atomic mass is 9.67. The molecule has 0 spiro atoms. The SMILES string of the molecule is CCC(C)(C)CC1CC(c2nnc([C@@H](C)O)o2)C1. The average molecular weight is 252 g/mol. The molecule has 1 N–H and O–H groups in total. The van der Waals surface area contributed by atoms with E-state index < -0.39 is 6.10 Å². The molecular formula is C14H24N2O2. The summed E-state index contributed by atoms with van der Waals surface area (Å²) in [7, 11) is 0. The zero-order chi connectivity index (χ0) is 13.3. The lowest BCUT2D eigenvalue weighted by Gasteiger charge is -2.38. The zero-order valence-electron chi connectivity index (χ0n) is 11.8. The first-order valence-electron chi connectivity index (χ1n) is 6.92. The Morgan fingerprint density at radius 2 is 2.06 bits per heavy atom. The largest absolute Gasteiger partial charge is 0.422 e. The molecule has 1 aromatic rings. The number of hydrogen-bond donors (Lipinski definition) is 1. The van der Waals surface area contributed by atoms with E-state index in [1.54, 1.807) is 6.92 Å². The summed E-state index contributed by atoms with van der Waals surface area (Å²) in [6.07, 6.45) is 4.12. The molecule has 1 saturated carbocycles. The molecule has 0 radical (unpaired) electrons. The fourth-order valence-corrected chi connectivity index (χ4v) is 2.61. The Bertz CT molecular complexity index is 392. The van der Waals surface area contributed by atoms with Crippen molar-refractivity contribution in [2.75, 3.05) is 0 Å². The first-order chi connectivity index (χ1) is 8.41. The number of rotatable bonds is 5. The minimum Gasteiger partial charge on any atom is -0.422 e. The molecule has 1 atom stereocenters. The standard InChI is InChI=1S/C14H24N2O2/c1-5-14(3,4)8-10-6-11(7-10)13-16-15-12(18-13)9(2)17/h9-11,17H,5-8H2,1-4H3/t9-,10?,11?/m1/s1. The van der Waals surface area contributed by atoms with Crippen LogP contribution >= 0.6 is 0 Å². The predicted octanol–water partition coefficient (Wildman–Crippen LogP) is 3.44. The average Bonchev–Trinajstić information content (AvgIpc) is 2.72. The Labute approximate surface area is 109 Å². The summed E-state index contributed by atoms with van der Waals surface area (Å²) in [6.45, 7) is 8.56. The summed E-state index contributed by atoms with van der Waals surface area (Å²) >= 11 is 0. The molecule has 2 rings (SSSR count). The smallest absolute Gasteiger partial charge is 0.244 e. The fourth-order valence-electron chi connectivity index (χ4n) is 2.61. The second kappa shape index (κ2) is 5.00. The topological polar surface area (TPSA) is 59.2 Å². The molecule has 4 heteroatoms. The maximum Gasteiger partial charge on any atom is 0.244 e. The van der Waals surface area contributed by atoms with Gasteiger partial charge >= 0.3 is 0 Å². The second-order valence-electron chi connectivity index (χ2n) is 6.41. The van der Waals surface area contributed by atoms with Crippen molar-refractivity contribution in [2.45, 2.75) is 65.4 Å². The van der Waals surface area contributed by atoms with Crippen molar-refractivity contribution in [3.63, 3.8) is 0 Å². The lowest BCUT2D eigenvalue weighted by molar-refractivity contribution is 0.135. The summed E-state index contributed by atoms with van der Waals surface area (Å²) in [5, 5.41) is 17.3. The van der Waals surface area contributed by atoms with Crippen molar-refractivity contribution >= 4 is 0 Å². The van der Waals surface area contributed by atoms with E-state index >= 15 is 0 Å². The van der Waals surface area contributed by atoms with E-state index in [4.69, 9.17) is 4.42 Å². The normalized spacial score (nSPS) is 25.8. The van der Waals surface area contributed by atoms with Crippen LogP contribution in [0.4, 0.5) is 0 Å². The third-order valence-corrected chi connectivity index (χ3v) is 4.20. The highest BCUT2D eigenvalue weighted by Gasteiger charge is 2.36. The van der Waals surface area contributed by atoms with Gasteiger partial charge in [0.2, 0.25) is 11.8 Å². The van der Waals surface area contributed by atoms with Gasteiger partial charge in [-0.15, -0.1) is 10.2 Å². The summed E-state index contributed by atoms with van der Waals surface area (Å²) in [4.78, 5) is 0. The molecule has 0 aromatic carbocycles. The van der Waals surface area contributed by atoms with Gasteiger partial charge in [-0.1, -0.05) is 27.2 Å². The van der Waals surface area contributed by atoms with E-state index in [9.17, 15) is 5.11 Å². The number of aromatic nitrogens is 2. The minimum absolute atomic E-state index is 0.335. The van der Waals surface area contributed by atoms with Crippen molar-refractivity contribution in [3.8, 4) is 0 Å². The van der Waals surface area contributed by atoms with E-state index in [1.165, 1.54) is 12.8 Å². The molecule has 0 amide bonds. The summed E-state index contributed by atoms with van der Waals surface area (Å²) in [6, 6.07) is 0. The van der Waals surface area contributed by atoms with Crippen molar-refractivity contribution in [2.24, 2.45) is 11.3 Å². The molecule has 1 aliphatic carbocycles. The van der Waals surface area contributed by atoms with Crippen molar-refractivity contribution in [1.29, 1.82) is 0 Å². The predicted molar refractivity (Wildman–Crippen MR) is 69.1 cm³/mol. The quantitative estimate of drug-likeness (QED) is 0.872. The molecule has 1 heterocycles. The van der Waals surface area contributed by atoms with Crippen LogP contribution in [-0.4, -0.2) is 15.3 Å². The van der Waals surface area contributed by atoms with Crippen LogP contribution in [0.2, 0.25) is 0 Å². The van der Waals surface area contributed by atoms with Crippen molar-refractivity contribution < 1.29 is 9.52 Å². The van der Waals surface area contributed by atoms with E-state index in [0.29, 0.717) is 23.1 Å². The summed E-state index contributed by atoms with van der Waals surface area (Å²) in [5.41, 5.74) is 0.440. The van der Waals surface area contributed by atoms with E-state index in [-0.39, 0.29) is 0 Å². The lowest BCUT2D eigenvalue weighted by Crippen LogP contribution is -2.27. The number of nitrogens with zero attached hydrogens (tertiary/aromatic N) is 2. The molecule has 0 unspecified atom stereocenters. The molecule has 0 saturated heterocycles. The van der Waals surface area contributed by atoms with Gasteiger partial charge in [-0.05, 0) is 37.5 Å². The third kappa shape index (κ3) is 2.91. The van der Waals surface area contributed by atoms with Crippen molar-refractivity contribution in [1.82, 2.24) is 10.2 Å². The molecule has 0 aliphatic heterocycles. The van der Waals surface area contributed by atoms with Crippen LogP contribution in [0.5, 0.6) is 0 Å². The monoisotopic (exact) mass is 252 g/mol. The highest BCUT2D eigenvalue weighted by Crippen LogP contribution is 2.47. The maximum atomic E-state index is 9.35. The molecule has 18 heavy (non-hydrogen) atoms. The van der Waals surface area contributed by atoms with E-state index in [0.717, 1.165) is 18.8 Å². The first-order valence-corrected chi connectivity index (χ1v) is 6.92. The van der Waals surface area contributed by atoms with Gasteiger partial charge in [0.05, 0.1) is 0 Å². The van der Waals surface area contributed by atoms with Crippen LogP contribution < -0.4 is 0 Å². The third-order valence-electron chi connectivity index (χ3n) is 4.20. The minimum atomic E-state index is -0.666. The van der Waals surface area contributed by atoms with Crippen LogP contribution in [0.1, 0.15) is 77.2 Å². The van der Waals surface area contributed by atoms with Crippen LogP contribution in [-0.2, 0) is 0 Å². The summed E-state index contributed by atoms with van der Waals surface area (Å²) < 4.78 is 5.48. The van der Waals surface area contributed by atoms with Gasteiger partial charge in [0.1, 0.15) is 6.10 Å². The Hall–Kier alpha value is -0.900. The fraction of sp³-hybridized carbons (Fsp3) is 0.857. The van der Waals surface area contributed by atoms with Gasteiger partial charge in [-0.25, -0.2) is 0 Å². The van der Waals surface area contributed by atoms with Crippen LogP contribution in [0.15, 0.2) is 4.42 Å². The van der Waals surface area contributed by atoms with Crippen molar-refractivity contribution in [3.05, 3.63) is 11.8 Å². The molecule has 4 nitrogen and oxygen atoms in total. The summed E-state index contributed by atoms with van der Waals surface area (Å²) in [5.74, 6) is 2.23. The number of aliphatic hydroxyl groups is 1. The van der Waals surface area contributed by atoms with E-state index in [2.05, 4.69) is 31.0 Å². The van der Waals surface area contributed by atoms with Gasteiger partial charge in [0, 0.05) is 5.92 Å². The second-order valence-corrected chi connectivity index (χ2v) is 6.41. The molecule has 102 valence electrons. The molecular weight excluding hydrogens is 228 g/mol. The van der Waals surface area contributed by atoms with Crippen LogP contribution in [0.3, 0.4) is 0 Å². The number of hydrogen-bond acceptors (Lipinski definition) is 4. The molecule has 1 aliphatic rings. The Balaban J connectivity index is 1.85. The zero-order valence-corrected chi connectivity index (χ0v) is 11.8. The Morgan fingerprint density at radius 3 is 2.56 bits per heavy atom. The first kappa shape index (κ1) is 13.5. The highest BCUT2D eigenvalue weighted by molar-refractivity contribution is 5.01. The maximum absolute atomic E-state index is 9.35. The van der Waals surface area contributed by atoms with Crippen LogP contribution in [0, 0.1) is 11.3 Å². The Morgan fingerprint density at radius 1 is 1.39 bits per heavy atom. The van der Waals surface area contributed by atoms with Gasteiger partial charge < -0.3 is 9.52 Å². The number of aliphatic hydroxyl groups excluding tert-OH is 1. The van der Waals surface area contributed by atoms with E-state index in [1.807, 2.05) is 0 Å². The molecule has 1 fully saturated rings. The Kier molecular flexibility index (Phi) is 3.76. The van der Waals surface area contributed by atoms with Crippen LogP contribution in [0.25, 0.3) is 0 Å². The molecule has 0 bridgehead atoms. The molecule has 1 aromatic heterocycles. The van der Waals surface area contributed by atoms with Gasteiger partial charge in [0.15, 0.2) is 0 Å². The van der Waals surface area contributed by atoms with Gasteiger partial charge in [-0.3, -0.25) is 0 Å².